The molecule has 0 amide bonds. The van der Waals surface area contributed by atoms with E-state index in [1.54, 1.807) is 0 Å². The molecule has 0 saturated carbocycles. The Hall–Kier alpha value is -3.80. The van der Waals surface area contributed by atoms with Crippen LogP contribution in [0.25, 0.3) is 43.6 Å². The van der Waals surface area contributed by atoms with Crippen molar-refractivity contribution in [2.45, 2.75) is 25.3 Å². The minimum atomic E-state index is -0.0660. The topological polar surface area (TPSA) is 66.7 Å². The summed E-state index contributed by atoms with van der Waals surface area (Å²) in [5, 5.41) is 24.0. The molecule has 0 N–H and O–H groups in total. The van der Waals surface area contributed by atoms with Gasteiger partial charge in [0.1, 0.15) is 24.6 Å². The van der Waals surface area contributed by atoms with Crippen molar-refractivity contribution in [2.24, 2.45) is 0 Å². The minimum absolute atomic E-state index is 0.0660. The molecule has 2 atom stereocenters. The maximum atomic E-state index is 10.1. The lowest BCUT2D eigenvalue weighted by atomic mass is 9.96. The van der Waals surface area contributed by atoms with E-state index in [9.17, 15) is 10.5 Å². The molecule has 5 heteroatoms. The summed E-state index contributed by atoms with van der Waals surface area (Å²) < 4.78 is 11.0. The second-order valence-corrected chi connectivity index (χ2v) is 7.82. The zero-order chi connectivity index (χ0) is 19.3. The van der Waals surface area contributed by atoms with E-state index in [1.807, 2.05) is 36.4 Å². The highest BCUT2D eigenvalue weighted by Gasteiger charge is 2.38. The molecule has 2 aliphatic rings. The van der Waals surface area contributed by atoms with Crippen LogP contribution >= 0.6 is 0 Å². The van der Waals surface area contributed by atoms with Crippen molar-refractivity contribution >= 4 is 43.6 Å². The van der Waals surface area contributed by atoms with Crippen LogP contribution in [-0.4, -0.2) is 9.13 Å². The zero-order valence-electron chi connectivity index (χ0n) is 15.4. The van der Waals surface area contributed by atoms with Gasteiger partial charge in [-0.1, -0.05) is 36.4 Å². The number of hydrogen-bond donors (Lipinski definition) is 0. The molecule has 1 saturated heterocycles. The molecule has 2 bridgehead atoms. The predicted octanol–water partition coefficient (Wildman–Crippen LogP) is 5.47. The van der Waals surface area contributed by atoms with E-state index < -0.39 is 0 Å². The molecule has 3 aromatic carbocycles. The number of fused-ring (bicyclic) bond motifs is 10. The molecule has 0 aliphatic carbocycles. The molecule has 2 aromatic heterocycles. The Labute approximate surface area is 165 Å². The summed E-state index contributed by atoms with van der Waals surface area (Å²) in [4.78, 5) is 0. The van der Waals surface area contributed by atoms with Gasteiger partial charge in [0.2, 0.25) is 0 Å². The van der Waals surface area contributed by atoms with Crippen molar-refractivity contribution in [3.8, 4) is 12.1 Å². The number of nitrogens with zero attached hydrogens (tertiary/aromatic N) is 4. The van der Waals surface area contributed by atoms with Crippen LogP contribution in [0.1, 0.15) is 36.4 Å². The fourth-order valence-corrected chi connectivity index (χ4v) is 5.55. The second kappa shape index (κ2) is 4.97. The molecule has 0 spiro atoms. The van der Waals surface area contributed by atoms with Crippen LogP contribution in [0.2, 0.25) is 0 Å². The van der Waals surface area contributed by atoms with Crippen LogP contribution in [0.3, 0.4) is 0 Å². The van der Waals surface area contributed by atoms with E-state index >= 15 is 0 Å². The Morgan fingerprint density at radius 1 is 0.724 bits per heavy atom. The van der Waals surface area contributed by atoms with Crippen LogP contribution in [0, 0.1) is 22.7 Å². The van der Waals surface area contributed by atoms with E-state index in [0.717, 1.165) is 56.5 Å². The van der Waals surface area contributed by atoms with Crippen LogP contribution in [0.15, 0.2) is 48.5 Å². The number of benzene rings is 3. The first kappa shape index (κ1) is 15.2. The molecule has 5 nitrogen and oxygen atoms in total. The quantitative estimate of drug-likeness (QED) is 0.361. The van der Waals surface area contributed by atoms with E-state index in [2.05, 4.69) is 33.4 Å². The predicted molar refractivity (Wildman–Crippen MR) is 110 cm³/mol. The molecule has 0 radical (unpaired) electrons. The number of hydrogen-bond acceptors (Lipinski definition) is 3. The Morgan fingerprint density at radius 3 is 1.62 bits per heavy atom. The third kappa shape index (κ3) is 1.57. The van der Waals surface area contributed by atoms with Gasteiger partial charge in [0.25, 0.3) is 0 Å². The highest BCUT2D eigenvalue weighted by atomic mass is 16.5. The summed E-state index contributed by atoms with van der Waals surface area (Å²) in [6.45, 7) is 0. The summed E-state index contributed by atoms with van der Waals surface area (Å²) in [6, 6.07) is 21.0. The fraction of sp³-hybridized carbons (Fsp3) is 0.167. The highest BCUT2D eigenvalue weighted by molar-refractivity contribution is 6.26. The van der Waals surface area contributed by atoms with Crippen molar-refractivity contribution < 1.29 is 4.74 Å². The molecule has 2 aliphatic heterocycles. The Morgan fingerprint density at radius 2 is 1.17 bits per heavy atom. The van der Waals surface area contributed by atoms with Gasteiger partial charge in [-0.2, -0.15) is 10.5 Å². The summed E-state index contributed by atoms with van der Waals surface area (Å²) in [5.41, 5.74) is 5.07. The van der Waals surface area contributed by atoms with Gasteiger partial charge < -0.3 is 13.9 Å². The second-order valence-electron chi connectivity index (χ2n) is 7.82. The monoisotopic (exact) mass is 374 g/mol. The number of ether oxygens (including phenoxy) is 1. The van der Waals surface area contributed by atoms with Gasteiger partial charge in [-0.05, 0) is 25.0 Å². The van der Waals surface area contributed by atoms with Crippen molar-refractivity contribution in [2.75, 3.05) is 0 Å². The molecule has 7 rings (SSSR count). The lowest BCUT2D eigenvalue weighted by Gasteiger charge is -2.15. The van der Waals surface area contributed by atoms with Gasteiger partial charge in [-0.3, -0.25) is 0 Å². The number of rotatable bonds is 0. The Kier molecular flexibility index (Phi) is 2.60. The fourth-order valence-electron chi connectivity index (χ4n) is 5.55. The smallest absolute Gasteiger partial charge is 0.137 e. The van der Waals surface area contributed by atoms with Gasteiger partial charge in [0.05, 0.1) is 33.2 Å². The molecule has 29 heavy (non-hydrogen) atoms. The summed E-state index contributed by atoms with van der Waals surface area (Å²) in [7, 11) is 0. The van der Waals surface area contributed by atoms with Crippen molar-refractivity contribution in [3.05, 3.63) is 59.7 Å². The van der Waals surface area contributed by atoms with Crippen molar-refractivity contribution in [1.82, 2.24) is 9.13 Å². The molecular formula is C24H14N4O. The van der Waals surface area contributed by atoms with Crippen LogP contribution in [-0.2, 0) is 4.74 Å². The number of nitriles is 2. The van der Waals surface area contributed by atoms with Crippen LogP contribution < -0.4 is 0 Å². The number of para-hydroxylation sites is 2. The molecule has 4 heterocycles. The van der Waals surface area contributed by atoms with Crippen molar-refractivity contribution in [1.29, 1.82) is 10.5 Å². The van der Waals surface area contributed by atoms with Crippen LogP contribution in [0.5, 0.6) is 0 Å². The largest absolute Gasteiger partial charge is 0.335 e. The molecular weight excluding hydrogens is 360 g/mol. The minimum Gasteiger partial charge on any atom is -0.335 e. The Balaban J connectivity index is 1.95. The van der Waals surface area contributed by atoms with Gasteiger partial charge in [-0.25, -0.2) is 0 Å². The maximum absolute atomic E-state index is 10.1. The normalized spacial score (nSPS) is 19.9. The van der Waals surface area contributed by atoms with Gasteiger partial charge >= 0.3 is 0 Å². The first-order valence-electron chi connectivity index (χ1n) is 9.80. The first-order chi connectivity index (χ1) is 14.3. The van der Waals surface area contributed by atoms with Crippen molar-refractivity contribution in [3.63, 3.8) is 0 Å². The third-order valence-corrected chi connectivity index (χ3v) is 6.57. The van der Waals surface area contributed by atoms with E-state index in [-0.39, 0.29) is 12.5 Å². The van der Waals surface area contributed by atoms with Gasteiger partial charge in [0.15, 0.2) is 0 Å². The standard InChI is InChI=1S/C24H14N4O/c25-11-15-16(12-26)22-14-6-2-4-8-18(14)28-20-10-9-19(29-20)27-17-7-3-1-5-13(17)21(15)23(27)24(22)28/h1-8,19-20H,9-10H2. The molecule has 5 aromatic rings. The van der Waals surface area contributed by atoms with E-state index in [0.29, 0.717) is 11.1 Å². The SMILES string of the molecule is N#Cc1c(C#N)c2c3ccccc3n3c2c2c1c1ccccc1n2C1CCC3O1. The average molecular weight is 374 g/mol. The Bertz CT molecular complexity index is 1500. The third-order valence-electron chi connectivity index (χ3n) is 6.57. The summed E-state index contributed by atoms with van der Waals surface area (Å²) in [5.74, 6) is 0. The summed E-state index contributed by atoms with van der Waals surface area (Å²) >= 11 is 0. The van der Waals surface area contributed by atoms with Crippen LogP contribution in [0.4, 0.5) is 0 Å². The lowest BCUT2D eigenvalue weighted by molar-refractivity contribution is -0.0229. The lowest BCUT2D eigenvalue weighted by Crippen LogP contribution is -2.07. The first-order valence-corrected chi connectivity index (χ1v) is 9.80. The van der Waals surface area contributed by atoms with Gasteiger partial charge in [-0.15, -0.1) is 0 Å². The highest BCUT2D eigenvalue weighted by Crippen LogP contribution is 2.51. The zero-order valence-corrected chi connectivity index (χ0v) is 15.4. The number of aromatic nitrogens is 2. The summed E-state index contributed by atoms with van der Waals surface area (Å²) in [6.07, 6.45) is 1.72. The van der Waals surface area contributed by atoms with E-state index in [1.165, 1.54) is 0 Å². The van der Waals surface area contributed by atoms with E-state index in [4.69, 9.17) is 4.74 Å². The van der Waals surface area contributed by atoms with Gasteiger partial charge in [0, 0.05) is 21.5 Å². The molecule has 1 fully saturated rings. The average Bonchev–Trinajstić information content (AvgIpc) is 3.41. The molecule has 2 unspecified atom stereocenters. The molecule has 136 valence electrons. The maximum Gasteiger partial charge on any atom is 0.137 e.